The SMILES string of the molecule is CC(C)(CO)[C@@H](c1cc(Br)ccc1Br)N1CCNCC1. The highest BCUT2D eigenvalue weighted by Crippen LogP contribution is 2.42. The molecule has 1 aliphatic heterocycles. The largest absolute Gasteiger partial charge is 0.396 e. The molecule has 112 valence electrons. The first kappa shape index (κ1) is 16.4. The summed E-state index contributed by atoms with van der Waals surface area (Å²) in [5.74, 6) is 0. The molecule has 1 atom stereocenters. The molecule has 1 aromatic carbocycles. The van der Waals surface area contributed by atoms with Crippen molar-refractivity contribution in [2.75, 3.05) is 32.8 Å². The molecule has 2 rings (SSSR count). The lowest BCUT2D eigenvalue weighted by atomic mass is 9.80. The van der Waals surface area contributed by atoms with E-state index in [1.54, 1.807) is 0 Å². The first-order valence-electron chi connectivity index (χ1n) is 6.96. The van der Waals surface area contributed by atoms with Gasteiger partial charge in [0, 0.05) is 53.2 Å². The van der Waals surface area contributed by atoms with Crippen molar-refractivity contribution in [3.63, 3.8) is 0 Å². The van der Waals surface area contributed by atoms with Gasteiger partial charge < -0.3 is 10.4 Å². The van der Waals surface area contributed by atoms with Crippen molar-refractivity contribution < 1.29 is 5.11 Å². The Kier molecular flexibility index (Phi) is 5.65. The van der Waals surface area contributed by atoms with Crippen LogP contribution in [0.15, 0.2) is 27.1 Å². The van der Waals surface area contributed by atoms with Gasteiger partial charge in [-0.3, -0.25) is 4.90 Å². The Bertz CT molecular complexity index is 459. The van der Waals surface area contributed by atoms with Crippen LogP contribution in [0.1, 0.15) is 25.5 Å². The number of nitrogens with zero attached hydrogens (tertiary/aromatic N) is 1. The number of aliphatic hydroxyl groups excluding tert-OH is 1. The summed E-state index contributed by atoms with van der Waals surface area (Å²) in [5, 5.41) is 13.2. The van der Waals surface area contributed by atoms with Crippen LogP contribution in [0, 0.1) is 5.41 Å². The molecule has 0 bridgehead atoms. The molecule has 0 saturated carbocycles. The van der Waals surface area contributed by atoms with Crippen LogP contribution >= 0.6 is 31.9 Å². The maximum atomic E-state index is 9.85. The van der Waals surface area contributed by atoms with Gasteiger partial charge in [0.25, 0.3) is 0 Å². The monoisotopic (exact) mass is 404 g/mol. The van der Waals surface area contributed by atoms with E-state index in [2.05, 4.69) is 68.1 Å². The van der Waals surface area contributed by atoms with Gasteiger partial charge in [-0.15, -0.1) is 0 Å². The first-order valence-corrected chi connectivity index (χ1v) is 8.55. The second kappa shape index (κ2) is 6.88. The van der Waals surface area contributed by atoms with Gasteiger partial charge in [-0.05, 0) is 23.8 Å². The smallest absolute Gasteiger partial charge is 0.0500 e. The van der Waals surface area contributed by atoms with E-state index in [1.807, 2.05) is 6.07 Å². The van der Waals surface area contributed by atoms with Crippen LogP contribution in [-0.4, -0.2) is 42.8 Å². The number of hydrogen-bond donors (Lipinski definition) is 2. The van der Waals surface area contributed by atoms with Crippen molar-refractivity contribution in [2.24, 2.45) is 5.41 Å². The molecular formula is C15H22Br2N2O. The molecule has 0 amide bonds. The lowest BCUT2D eigenvalue weighted by Gasteiger charge is -2.44. The number of rotatable bonds is 4. The number of halogens is 2. The van der Waals surface area contributed by atoms with Gasteiger partial charge >= 0.3 is 0 Å². The molecule has 1 fully saturated rings. The third kappa shape index (κ3) is 3.63. The summed E-state index contributed by atoms with van der Waals surface area (Å²) < 4.78 is 2.18. The van der Waals surface area contributed by atoms with Gasteiger partial charge in [0.15, 0.2) is 0 Å². The van der Waals surface area contributed by atoms with Gasteiger partial charge in [-0.1, -0.05) is 45.7 Å². The number of benzene rings is 1. The van der Waals surface area contributed by atoms with Crippen molar-refractivity contribution in [3.05, 3.63) is 32.7 Å². The standard InChI is InChI=1S/C15H22Br2N2O/c1-15(2,10-20)14(19-7-5-18-6-8-19)12-9-11(16)3-4-13(12)17/h3-4,9,14,18,20H,5-8,10H2,1-2H3/t14-/m1/s1. The van der Waals surface area contributed by atoms with Crippen LogP contribution in [-0.2, 0) is 0 Å². The van der Waals surface area contributed by atoms with E-state index in [9.17, 15) is 5.11 Å². The first-order chi connectivity index (χ1) is 9.45. The van der Waals surface area contributed by atoms with E-state index in [-0.39, 0.29) is 18.1 Å². The van der Waals surface area contributed by atoms with Crippen LogP contribution in [0.4, 0.5) is 0 Å². The Morgan fingerprint density at radius 2 is 1.95 bits per heavy atom. The summed E-state index contributed by atoms with van der Waals surface area (Å²) in [5.41, 5.74) is 1.04. The van der Waals surface area contributed by atoms with E-state index in [4.69, 9.17) is 0 Å². The quantitative estimate of drug-likeness (QED) is 0.807. The minimum Gasteiger partial charge on any atom is -0.396 e. The van der Waals surface area contributed by atoms with Gasteiger partial charge in [0.2, 0.25) is 0 Å². The van der Waals surface area contributed by atoms with Crippen LogP contribution < -0.4 is 5.32 Å². The van der Waals surface area contributed by atoms with Crippen molar-refractivity contribution in [2.45, 2.75) is 19.9 Å². The van der Waals surface area contributed by atoms with Crippen LogP contribution in [0.2, 0.25) is 0 Å². The third-order valence-electron chi connectivity index (χ3n) is 3.92. The number of piperazine rings is 1. The Balaban J connectivity index is 2.42. The van der Waals surface area contributed by atoms with Crippen LogP contribution in [0.25, 0.3) is 0 Å². The zero-order valence-corrected chi connectivity index (χ0v) is 15.2. The predicted molar refractivity (Wildman–Crippen MR) is 89.9 cm³/mol. The van der Waals surface area contributed by atoms with Gasteiger partial charge in [-0.25, -0.2) is 0 Å². The number of hydrogen-bond acceptors (Lipinski definition) is 3. The second-order valence-electron chi connectivity index (χ2n) is 6.00. The maximum absolute atomic E-state index is 9.85. The zero-order valence-electron chi connectivity index (χ0n) is 12.0. The molecular weight excluding hydrogens is 384 g/mol. The highest BCUT2D eigenvalue weighted by atomic mass is 79.9. The van der Waals surface area contributed by atoms with Crippen molar-refractivity contribution in [1.82, 2.24) is 10.2 Å². The van der Waals surface area contributed by atoms with E-state index in [0.717, 1.165) is 35.1 Å². The molecule has 0 aliphatic carbocycles. The molecule has 3 nitrogen and oxygen atoms in total. The van der Waals surface area contributed by atoms with Crippen LogP contribution in [0.3, 0.4) is 0 Å². The predicted octanol–water partition coefficient (Wildman–Crippen LogP) is 3.18. The Hall–Kier alpha value is 0.0600. The van der Waals surface area contributed by atoms with Gasteiger partial charge in [0.05, 0.1) is 0 Å². The van der Waals surface area contributed by atoms with E-state index >= 15 is 0 Å². The minimum atomic E-state index is -0.194. The van der Waals surface area contributed by atoms with Crippen molar-refractivity contribution in [1.29, 1.82) is 0 Å². The molecule has 1 aliphatic rings. The summed E-state index contributed by atoms with van der Waals surface area (Å²) in [4.78, 5) is 2.47. The molecule has 0 radical (unpaired) electrons. The Morgan fingerprint density at radius 3 is 2.55 bits per heavy atom. The average molecular weight is 406 g/mol. The molecule has 1 heterocycles. The minimum absolute atomic E-state index is 0.167. The fourth-order valence-electron chi connectivity index (χ4n) is 2.86. The maximum Gasteiger partial charge on any atom is 0.0500 e. The molecule has 0 spiro atoms. The average Bonchev–Trinajstić information content (AvgIpc) is 2.44. The molecule has 5 heteroatoms. The Labute approximate surface area is 138 Å². The molecule has 1 saturated heterocycles. The lowest BCUT2D eigenvalue weighted by Crippen LogP contribution is -2.49. The van der Waals surface area contributed by atoms with Gasteiger partial charge in [-0.2, -0.15) is 0 Å². The van der Waals surface area contributed by atoms with Crippen molar-refractivity contribution >= 4 is 31.9 Å². The number of nitrogens with one attached hydrogen (secondary N) is 1. The lowest BCUT2D eigenvalue weighted by molar-refractivity contribution is 0.0301. The molecule has 20 heavy (non-hydrogen) atoms. The summed E-state index contributed by atoms with van der Waals surface area (Å²) >= 11 is 7.24. The van der Waals surface area contributed by atoms with E-state index < -0.39 is 0 Å². The summed E-state index contributed by atoms with van der Waals surface area (Å²) in [7, 11) is 0. The normalized spacial score (nSPS) is 19.1. The summed E-state index contributed by atoms with van der Waals surface area (Å²) in [6.45, 7) is 8.45. The van der Waals surface area contributed by atoms with E-state index in [1.165, 1.54) is 5.56 Å². The van der Waals surface area contributed by atoms with Gasteiger partial charge in [0.1, 0.15) is 0 Å². The fraction of sp³-hybridized carbons (Fsp3) is 0.600. The fourth-order valence-corrected chi connectivity index (χ4v) is 3.71. The van der Waals surface area contributed by atoms with E-state index in [0.29, 0.717) is 0 Å². The molecule has 0 aromatic heterocycles. The molecule has 0 unspecified atom stereocenters. The Morgan fingerprint density at radius 1 is 1.30 bits per heavy atom. The highest BCUT2D eigenvalue weighted by molar-refractivity contribution is 9.11. The second-order valence-corrected chi connectivity index (χ2v) is 7.77. The molecule has 1 aromatic rings. The van der Waals surface area contributed by atoms with Crippen LogP contribution in [0.5, 0.6) is 0 Å². The zero-order chi connectivity index (χ0) is 14.8. The summed E-state index contributed by atoms with van der Waals surface area (Å²) in [6.07, 6.45) is 0. The third-order valence-corrected chi connectivity index (χ3v) is 5.13. The summed E-state index contributed by atoms with van der Waals surface area (Å²) in [6, 6.07) is 6.46. The highest BCUT2D eigenvalue weighted by Gasteiger charge is 2.36. The van der Waals surface area contributed by atoms with Crippen molar-refractivity contribution in [3.8, 4) is 0 Å². The molecule has 2 N–H and O–H groups in total. The topological polar surface area (TPSA) is 35.5 Å². The number of aliphatic hydroxyl groups is 1.